The highest BCUT2D eigenvalue weighted by molar-refractivity contribution is 5.39. The van der Waals surface area contributed by atoms with Gasteiger partial charge in [-0.05, 0) is 31.5 Å². The number of hydrogen-bond donors (Lipinski definition) is 1. The molecule has 0 unspecified atom stereocenters. The third-order valence-electron chi connectivity index (χ3n) is 3.38. The quantitative estimate of drug-likeness (QED) is 0.845. The highest BCUT2D eigenvalue weighted by Crippen LogP contribution is 2.35. The lowest BCUT2D eigenvalue weighted by molar-refractivity contribution is 0.406. The number of fused-ring (bicyclic) bond motifs is 1. The zero-order valence-corrected chi connectivity index (χ0v) is 9.26. The molecule has 84 valence electrons. The molecule has 1 aliphatic carbocycles. The SMILES string of the molecule is NCCc1cnc2ccc(C3CCC3)nn12. The Kier molecular flexibility index (Phi) is 2.36. The summed E-state index contributed by atoms with van der Waals surface area (Å²) in [6.07, 6.45) is 6.60. The number of rotatable bonds is 3. The number of nitrogens with zero attached hydrogens (tertiary/aromatic N) is 3. The van der Waals surface area contributed by atoms with Gasteiger partial charge in [0.2, 0.25) is 0 Å². The van der Waals surface area contributed by atoms with E-state index in [1.54, 1.807) is 0 Å². The van der Waals surface area contributed by atoms with Crippen molar-refractivity contribution in [1.29, 1.82) is 0 Å². The fourth-order valence-electron chi connectivity index (χ4n) is 2.18. The third-order valence-corrected chi connectivity index (χ3v) is 3.38. The summed E-state index contributed by atoms with van der Waals surface area (Å²) in [6.45, 7) is 0.642. The van der Waals surface area contributed by atoms with Crippen molar-refractivity contribution in [2.45, 2.75) is 31.6 Å². The molecular weight excluding hydrogens is 200 g/mol. The Morgan fingerprint density at radius 3 is 2.94 bits per heavy atom. The summed E-state index contributed by atoms with van der Waals surface area (Å²) >= 11 is 0. The van der Waals surface area contributed by atoms with Gasteiger partial charge in [-0.25, -0.2) is 9.50 Å². The molecule has 2 heterocycles. The number of hydrogen-bond acceptors (Lipinski definition) is 3. The van der Waals surface area contributed by atoms with Gasteiger partial charge in [-0.1, -0.05) is 6.42 Å². The van der Waals surface area contributed by atoms with Crippen molar-refractivity contribution in [3.05, 3.63) is 29.7 Å². The standard InChI is InChI=1S/C12H16N4/c13-7-6-10-8-14-12-5-4-11(15-16(10)12)9-2-1-3-9/h4-5,8-9H,1-3,6-7,13H2. The first kappa shape index (κ1) is 9.78. The minimum absolute atomic E-state index is 0.642. The van der Waals surface area contributed by atoms with Gasteiger partial charge >= 0.3 is 0 Å². The van der Waals surface area contributed by atoms with E-state index in [1.165, 1.54) is 25.0 Å². The van der Waals surface area contributed by atoms with E-state index in [0.29, 0.717) is 12.5 Å². The van der Waals surface area contributed by atoms with Gasteiger partial charge < -0.3 is 5.73 Å². The van der Waals surface area contributed by atoms with Crippen molar-refractivity contribution in [2.75, 3.05) is 6.54 Å². The molecule has 0 spiro atoms. The van der Waals surface area contributed by atoms with Crippen LogP contribution in [-0.4, -0.2) is 21.1 Å². The van der Waals surface area contributed by atoms with Crippen LogP contribution >= 0.6 is 0 Å². The molecule has 1 fully saturated rings. The van der Waals surface area contributed by atoms with Crippen molar-refractivity contribution >= 4 is 5.65 Å². The smallest absolute Gasteiger partial charge is 0.153 e. The lowest BCUT2D eigenvalue weighted by Gasteiger charge is -2.24. The average Bonchev–Trinajstić information content (AvgIpc) is 2.60. The lowest BCUT2D eigenvalue weighted by atomic mass is 9.83. The van der Waals surface area contributed by atoms with E-state index in [1.807, 2.05) is 10.7 Å². The van der Waals surface area contributed by atoms with Crippen LogP contribution in [0.15, 0.2) is 18.3 Å². The van der Waals surface area contributed by atoms with Crippen molar-refractivity contribution in [2.24, 2.45) is 5.73 Å². The van der Waals surface area contributed by atoms with Crippen LogP contribution in [0.25, 0.3) is 5.65 Å². The van der Waals surface area contributed by atoms with Crippen molar-refractivity contribution in [1.82, 2.24) is 14.6 Å². The van der Waals surface area contributed by atoms with Crippen molar-refractivity contribution in [3.8, 4) is 0 Å². The van der Waals surface area contributed by atoms with Gasteiger partial charge in [0, 0.05) is 12.3 Å². The Hall–Kier alpha value is -1.42. The van der Waals surface area contributed by atoms with E-state index in [2.05, 4.69) is 22.2 Å². The van der Waals surface area contributed by atoms with Crippen LogP contribution in [0.4, 0.5) is 0 Å². The van der Waals surface area contributed by atoms with Gasteiger partial charge in [-0.2, -0.15) is 5.10 Å². The molecule has 16 heavy (non-hydrogen) atoms. The van der Waals surface area contributed by atoms with Crippen molar-refractivity contribution < 1.29 is 0 Å². The van der Waals surface area contributed by atoms with Gasteiger partial charge in [0.1, 0.15) is 0 Å². The molecule has 2 N–H and O–H groups in total. The molecular formula is C12H16N4. The molecule has 4 nitrogen and oxygen atoms in total. The maximum absolute atomic E-state index is 5.58. The van der Waals surface area contributed by atoms with Crippen LogP contribution < -0.4 is 5.73 Å². The molecule has 4 heteroatoms. The predicted molar refractivity (Wildman–Crippen MR) is 62.3 cm³/mol. The average molecular weight is 216 g/mol. The Balaban J connectivity index is 2.03. The summed E-state index contributed by atoms with van der Waals surface area (Å²) in [7, 11) is 0. The Labute approximate surface area is 94.5 Å². The third kappa shape index (κ3) is 1.50. The Morgan fingerprint density at radius 2 is 2.25 bits per heavy atom. The minimum atomic E-state index is 0.642. The fourth-order valence-corrected chi connectivity index (χ4v) is 2.18. The topological polar surface area (TPSA) is 56.2 Å². The van der Waals surface area contributed by atoms with Gasteiger partial charge in [0.05, 0.1) is 17.6 Å². The number of aromatic nitrogens is 3. The zero-order valence-electron chi connectivity index (χ0n) is 9.26. The summed E-state index contributed by atoms with van der Waals surface area (Å²) in [4.78, 5) is 4.33. The number of nitrogens with two attached hydrogens (primary N) is 1. The zero-order chi connectivity index (χ0) is 11.0. The van der Waals surface area contributed by atoms with Crippen LogP contribution in [-0.2, 0) is 6.42 Å². The summed E-state index contributed by atoms with van der Waals surface area (Å²) in [5, 5.41) is 4.67. The molecule has 0 radical (unpaired) electrons. The second-order valence-corrected chi connectivity index (χ2v) is 4.44. The van der Waals surface area contributed by atoms with E-state index in [4.69, 9.17) is 5.73 Å². The van der Waals surface area contributed by atoms with Crippen LogP contribution in [0.5, 0.6) is 0 Å². The summed E-state index contributed by atoms with van der Waals surface area (Å²) < 4.78 is 1.94. The molecule has 1 saturated carbocycles. The second-order valence-electron chi connectivity index (χ2n) is 4.44. The normalized spacial score (nSPS) is 16.6. The first-order valence-corrected chi connectivity index (χ1v) is 5.92. The maximum atomic E-state index is 5.58. The van der Waals surface area contributed by atoms with E-state index in [-0.39, 0.29) is 0 Å². The Bertz CT molecular complexity index is 499. The molecule has 0 aromatic carbocycles. The monoisotopic (exact) mass is 216 g/mol. The van der Waals surface area contributed by atoms with Crippen molar-refractivity contribution in [3.63, 3.8) is 0 Å². The second kappa shape index (κ2) is 3.87. The first-order valence-electron chi connectivity index (χ1n) is 5.92. The molecule has 0 amide bonds. The summed E-state index contributed by atoms with van der Waals surface area (Å²) in [5.41, 5.74) is 8.81. The van der Waals surface area contributed by atoms with E-state index in [0.717, 1.165) is 17.8 Å². The lowest BCUT2D eigenvalue weighted by Crippen LogP contribution is -2.13. The molecule has 0 atom stereocenters. The molecule has 1 aliphatic rings. The van der Waals surface area contributed by atoms with E-state index >= 15 is 0 Å². The van der Waals surface area contributed by atoms with Crippen LogP contribution in [0.3, 0.4) is 0 Å². The molecule has 2 aromatic rings. The Morgan fingerprint density at radius 1 is 1.38 bits per heavy atom. The van der Waals surface area contributed by atoms with Gasteiger partial charge in [0.15, 0.2) is 5.65 Å². The van der Waals surface area contributed by atoms with E-state index < -0.39 is 0 Å². The number of imidazole rings is 1. The minimum Gasteiger partial charge on any atom is -0.330 e. The molecule has 0 aliphatic heterocycles. The predicted octanol–water partition coefficient (Wildman–Crippen LogP) is 1.50. The van der Waals surface area contributed by atoms with Gasteiger partial charge in [-0.15, -0.1) is 0 Å². The summed E-state index contributed by atoms with van der Waals surface area (Å²) in [5.74, 6) is 0.664. The van der Waals surface area contributed by atoms with Gasteiger partial charge in [0.25, 0.3) is 0 Å². The van der Waals surface area contributed by atoms with E-state index in [9.17, 15) is 0 Å². The van der Waals surface area contributed by atoms with Crippen LogP contribution in [0, 0.1) is 0 Å². The summed E-state index contributed by atoms with van der Waals surface area (Å²) in [6, 6.07) is 4.17. The maximum Gasteiger partial charge on any atom is 0.153 e. The first-order chi connectivity index (χ1) is 7.88. The molecule has 0 bridgehead atoms. The molecule has 2 aromatic heterocycles. The van der Waals surface area contributed by atoms with Crippen LogP contribution in [0.1, 0.15) is 36.6 Å². The highest BCUT2D eigenvalue weighted by Gasteiger charge is 2.21. The molecule has 0 saturated heterocycles. The fraction of sp³-hybridized carbons (Fsp3) is 0.500. The van der Waals surface area contributed by atoms with Crippen LogP contribution in [0.2, 0.25) is 0 Å². The largest absolute Gasteiger partial charge is 0.330 e. The van der Waals surface area contributed by atoms with Gasteiger partial charge in [-0.3, -0.25) is 0 Å². The highest BCUT2D eigenvalue weighted by atomic mass is 15.3. The molecule has 3 rings (SSSR count).